The summed E-state index contributed by atoms with van der Waals surface area (Å²) < 4.78 is 5.75. The molecule has 0 spiro atoms. The highest BCUT2D eigenvalue weighted by atomic mass is 35.5. The minimum absolute atomic E-state index is 0.0217. The van der Waals surface area contributed by atoms with Gasteiger partial charge < -0.3 is 9.57 Å². The second-order valence-corrected chi connectivity index (χ2v) is 7.94. The van der Waals surface area contributed by atoms with E-state index in [4.69, 9.17) is 21.2 Å². The lowest BCUT2D eigenvalue weighted by Gasteiger charge is -2.28. The number of oxime groups is 1. The van der Waals surface area contributed by atoms with Gasteiger partial charge in [0.1, 0.15) is 6.10 Å². The van der Waals surface area contributed by atoms with Gasteiger partial charge in [0.2, 0.25) is 5.78 Å². The molecular weight excluding hydrogens is 390 g/mol. The predicted octanol–water partition coefficient (Wildman–Crippen LogP) is 4.96. The number of ether oxygens (including phenoxy) is 1. The van der Waals surface area contributed by atoms with Crippen LogP contribution in [0, 0.1) is 0 Å². The van der Waals surface area contributed by atoms with Gasteiger partial charge in [-0.25, -0.2) is 4.79 Å². The lowest BCUT2D eigenvalue weighted by atomic mass is 9.86. The number of carbonyl (C=O) groups excluding carboxylic acids is 2. The Morgan fingerprint density at radius 2 is 1.69 bits per heavy atom. The molecule has 1 atom stereocenters. The quantitative estimate of drug-likeness (QED) is 0.396. The molecule has 1 saturated carbocycles. The van der Waals surface area contributed by atoms with Gasteiger partial charge >= 0.3 is 11.6 Å². The molecule has 2 aromatic carbocycles. The van der Waals surface area contributed by atoms with Crippen LogP contribution in [0.15, 0.2) is 59.8 Å². The molecule has 4 rings (SSSR count). The summed E-state index contributed by atoms with van der Waals surface area (Å²) in [4.78, 5) is 32.2. The highest BCUT2D eigenvalue weighted by Gasteiger charge is 2.55. The van der Waals surface area contributed by atoms with E-state index < -0.39 is 17.4 Å². The Morgan fingerprint density at radius 1 is 1.00 bits per heavy atom. The number of hydrogen-bond acceptors (Lipinski definition) is 5. The Hall–Kier alpha value is -2.66. The molecule has 0 radical (unpaired) electrons. The first-order chi connectivity index (χ1) is 14.1. The summed E-state index contributed by atoms with van der Waals surface area (Å²) >= 11 is 5.96. The Balaban J connectivity index is 1.62. The van der Waals surface area contributed by atoms with Crippen LogP contribution in [0.25, 0.3) is 0 Å². The monoisotopic (exact) mass is 411 g/mol. The first-order valence-electron chi connectivity index (χ1n) is 9.90. The minimum Gasteiger partial charge on any atom is -0.459 e. The maximum atomic E-state index is 13.4. The zero-order valence-electron chi connectivity index (χ0n) is 16.0. The number of carbonyl (C=O) groups is 2. The van der Waals surface area contributed by atoms with E-state index in [1.807, 2.05) is 6.07 Å². The molecule has 6 heteroatoms. The molecule has 150 valence electrons. The van der Waals surface area contributed by atoms with Gasteiger partial charge in [-0.05, 0) is 43.4 Å². The molecule has 2 aromatic rings. The number of nitrogens with zero attached hydrogens (tertiary/aromatic N) is 1. The zero-order valence-corrected chi connectivity index (χ0v) is 16.7. The summed E-state index contributed by atoms with van der Waals surface area (Å²) in [5.74, 6) is -1.10. The van der Waals surface area contributed by atoms with Crippen LogP contribution in [0.3, 0.4) is 0 Å². The lowest BCUT2D eigenvalue weighted by molar-refractivity contribution is -0.170. The van der Waals surface area contributed by atoms with Crippen molar-refractivity contribution in [2.45, 2.75) is 50.2 Å². The molecule has 1 aliphatic heterocycles. The number of benzene rings is 2. The van der Waals surface area contributed by atoms with Gasteiger partial charge in [-0.1, -0.05) is 65.6 Å². The third kappa shape index (κ3) is 4.06. The largest absolute Gasteiger partial charge is 0.459 e. The van der Waals surface area contributed by atoms with Gasteiger partial charge in [-0.2, -0.15) is 0 Å². The Bertz CT molecular complexity index is 920. The normalized spacial score (nSPS) is 21.9. The number of ketones is 1. The van der Waals surface area contributed by atoms with E-state index in [1.54, 1.807) is 48.5 Å². The van der Waals surface area contributed by atoms with Crippen molar-refractivity contribution < 1.29 is 19.2 Å². The van der Waals surface area contributed by atoms with E-state index in [0.29, 0.717) is 16.3 Å². The van der Waals surface area contributed by atoms with E-state index in [-0.39, 0.29) is 12.5 Å². The molecule has 1 fully saturated rings. The zero-order chi connectivity index (χ0) is 20.3. The van der Waals surface area contributed by atoms with Crippen molar-refractivity contribution in [3.05, 3.63) is 70.7 Å². The van der Waals surface area contributed by atoms with Crippen molar-refractivity contribution in [2.75, 3.05) is 0 Å². The van der Waals surface area contributed by atoms with Gasteiger partial charge in [0.05, 0.1) is 12.1 Å². The highest BCUT2D eigenvalue weighted by Crippen LogP contribution is 2.34. The number of rotatable bonds is 5. The SMILES string of the molecule is O=C(OC1CCCCC1)C1(C(=O)c2ccccc2)CC(c2ccc(Cl)cc2)=NO1. The van der Waals surface area contributed by atoms with Crippen LogP contribution in [0.5, 0.6) is 0 Å². The smallest absolute Gasteiger partial charge is 0.362 e. The fraction of sp³-hybridized carbons (Fsp3) is 0.348. The fourth-order valence-electron chi connectivity index (χ4n) is 3.81. The molecule has 0 saturated heterocycles. The number of hydrogen-bond donors (Lipinski definition) is 0. The van der Waals surface area contributed by atoms with E-state index in [0.717, 1.165) is 37.7 Å². The molecule has 29 heavy (non-hydrogen) atoms. The Morgan fingerprint density at radius 3 is 2.38 bits per heavy atom. The average molecular weight is 412 g/mol. The minimum atomic E-state index is -1.80. The highest BCUT2D eigenvalue weighted by molar-refractivity contribution is 6.30. The van der Waals surface area contributed by atoms with Crippen molar-refractivity contribution >= 4 is 29.1 Å². The summed E-state index contributed by atoms with van der Waals surface area (Å²) in [5, 5.41) is 4.70. The van der Waals surface area contributed by atoms with Crippen LogP contribution < -0.4 is 0 Å². The first kappa shape index (κ1) is 19.6. The van der Waals surface area contributed by atoms with Gasteiger partial charge in [0.15, 0.2) is 0 Å². The van der Waals surface area contributed by atoms with Crippen LogP contribution in [0.4, 0.5) is 0 Å². The average Bonchev–Trinajstić information content (AvgIpc) is 3.22. The molecule has 2 aliphatic rings. The molecule has 1 aliphatic carbocycles. The maximum absolute atomic E-state index is 13.4. The van der Waals surface area contributed by atoms with Crippen LogP contribution in [0.2, 0.25) is 5.02 Å². The van der Waals surface area contributed by atoms with Crippen molar-refractivity contribution in [3.63, 3.8) is 0 Å². The summed E-state index contributed by atoms with van der Waals surface area (Å²) in [5.41, 5.74) is -0.136. The third-order valence-electron chi connectivity index (χ3n) is 5.46. The van der Waals surface area contributed by atoms with E-state index >= 15 is 0 Å². The van der Waals surface area contributed by atoms with Crippen LogP contribution in [0.1, 0.15) is 54.4 Å². The first-order valence-corrected chi connectivity index (χ1v) is 10.3. The van der Waals surface area contributed by atoms with Gasteiger partial charge in [0, 0.05) is 10.6 Å². The number of Topliss-reactive ketones (excluding diaryl/α,β-unsaturated/α-hetero) is 1. The molecular formula is C23H22ClNO4. The third-order valence-corrected chi connectivity index (χ3v) is 5.72. The van der Waals surface area contributed by atoms with Crippen LogP contribution in [-0.4, -0.2) is 29.2 Å². The second kappa shape index (κ2) is 8.37. The summed E-state index contributed by atoms with van der Waals surface area (Å²) in [7, 11) is 0. The van der Waals surface area contributed by atoms with Gasteiger partial charge in [-0.15, -0.1) is 0 Å². The maximum Gasteiger partial charge on any atom is 0.362 e. The summed E-state index contributed by atoms with van der Waals surface area (Å²) in [6, 6.07) is 15.7. The standard InChI is InChI=1S/C23H22ClNO4/c24-18-13-11-16(12-14-18)20-15-23(29-25-20,21(26)17-7-3-1-4-8-17)22(27)28-19-9-5-2-6-10-19/h1,3-4,7-8,11-14,19H,2,5-6,9-10,15H2. The Kier molecular flexibility index (Phi) is 5.67. The van der Waals surface area contributed by atoms with Crippen LogP contribution in [-0.2, 0) is 14.4 Å². The van der Waals surface area contributed by atoms with Gasteiger partial charge in [0.25, 0.3) is 0 Å². The summed E-state index contributed by atoms with van der Waals surface area (Å²) in [6.07, 6.45) is 4.64. The molecule has 1 unspecified atom stereocenters. The van der Waals surface area contributed by atoms with Crippen LogP contribution >= 0.6 is 11.6 Å². The molecule has 0 N–H and O–H groups in total. The Labute approximate surface area is 174 Å². The van der Waals surface area contributed by atoms with E-state index in [2.05, 4.69) is 5.16 Å². The molecule has 0 aromatic heterocycles. The van der Waals surface area contributed by atoms with Gasteiger partial charge in [-0.3, -0.25) is 4.79 Å². The molecule has 0 amide bonds. The molecule has 5 nitrogen and oxygen atoms in total. The van der Waals surface area contributed by atoms with Crippen molar-refractivity contribution in [2.24, 2.45) is 5.16 Å². The van der Waals surface area contributed by atoms with Crippen molar-refractivity contribution in [3.8, 4) is 0 Å². The fourth-order valence-corrected chi connectivity index (χ4v) is 3.93. The second-order valence-electron chi connectivity index (χ2n) is 7.50. The topological polar surface area (TPSA) is 65.0 Å². The lowest BCUT2D eigenvalue weighted by Crippen LogP contribution is -2.49. The van der Waals surface area contributed by atoms with E-state index in [1.165, 1.54) is 0 Å². The van der Waals surface area contributed by atoms with Crippen molar-refractivity contribution in [1.82, 2.24) is 0 Å². The van der Waals surface area contributed by atoms with Crippen molar-refractivity contribution in [1.29, 1.82) is 0 Å². The number of halogens is 1. The molecule has 1 heterocycles. The summed E-state index contributed by atoms with van der Waals surface area (Å²) in [6.45, 7) is 0. The number of esters is 1. The molecule has 0 bridgehead atoms. The van der Waals surface area contributed by atoms with E-state index in [9.17, 15) is 9.59 Å². The predicted molar refractivity (Wildman–Crippen MR) is 110 cm³/mol.